The van der Waals surface area contributed by atoms with Crippen molar-refractivity contribution in [3.63, 3.8) is 0 Å². The number of fused-ring (bicyclic) bond motifs is 5. The Kier molecular flexibility index (Phi) is 4.10. The molecule has 2 N–H and O–H groups in total. The van der Waals surface area contributed by atoms with E-state index < -0.39 is 29.1 Å². The van der Waals surface area contributed by atoms with Gasteiger partial charge in [0.15, 0.2) is 21.5 Å². The van der Waals surface area contributed by atoms with Crippen LogP contribution in [-0.2, 0) is 16.0 Å². The smallest absolute Gasteiger partial charge is 0.244 e. The Morgan fingerprint density at radius 1 is 1.38 bits per heavy atom. The number of hydrogen-bond donors (Lipinski definition) is 2. The molecule has 11 heteroatoms. The monoisotopic (exact) mass is 437 g/mol. The molecule has 3 aliphatic rings. The number of nitrogens with zero attached hydrogens (tertiary/aromatic N) is 3. The minimum absolute atomic E-state index is 0.0187. The van der Waals surface area contributed by atoms with Crippen LogP contribution in [0, 0.1) is 11.2 Å². The van der Waals surface area contributed by atoms with Crippen molar-refractivity contribution in [2.75, 3.05) is 31.1 Å². The molecule has 2 fully saturated rings. The third kappa shape index (κ3) is 2.45. The fraction of sp³-hybridized carbons (Fsp3) is 0.444. The lowest BCUT2D eigenvalue weighted by molar-refractivity contribution is -0.146. The maximum Gasteiger partial charge on any atom is 0.244 e. The van der Waals surface area contributed by atoms with Gasteiger partial charge in [0, 0.05) is 19.6 Å². The Morgan fingerprint density at radius 2 is 2.10 bits per heavy atom. The Balaban J connectivity index is 1.75. The Morgan fingerprint density at radius 3 is 2.79 bits per heavy atom. The standard InChI is InChI=1S/C18H17ClFN5O3S/c1-2-24-3-4-25-10(7-24)18(15(26)21-17(29)22-16(18)27)6-8-5-9-13(11(20)12(8)25)28-23-14(9)19/h5,10H,2-4,6-7H2,1H3,(H2,21,22,26,27,29). The van der Waals surface area contributed by atoms with Crippen LogP contribution < -0.4 is 15.5 Å². The summed E-state index contributed by atoms with van der Waals surface area (Å²) in [6.07, 6.45) is 0.0235. The maximum atomic E-state index is 15.5. The molecule has 5 rings (SSSR count). The number of nitrogens with one attached hydrogen (secondary N) is 2. The number of likely N-dealkylation sites (N-methyl/N-ethyl adjacent to an activating group) is 1. The highest BCUT2D eigenvalue weighted by atomic mass is 35.5. The molecule has 1 atom stereocenters. The van der Waals surface area contributed by atoms with Gasteiger partial charge in [0.25, 0.3) is 0 Å². The summed E-state index contributed by atoms with van der Waals surface area (Å²) in [5, 5.41) is 9.16. The van der Waals surface area contributed by atoms with Gasteiger partial charge in [0.1, 0.15) is 0 Å². The number of thiocarbonyl (C=S) groups is 1. The summed E-state index contributed by atoms with van der Waals surface area (Å²) in [7, 11) is 0. The van der Waals surface area contributed by atoms with Gasteiger partial charge in [-0.2, -0.15) is 0 Å². The third-order valence-corrected chi connectivity index (χ3v) is 6.69. The Bertz CT molecular complexity index is 1070. The first kappa shape index (κ1) is 18.7. The number of carbonyl (C=O) groups excluding carboxylic acids is 2. The van der Waals surface area contributed by atoms with Crippen LogP contribution in [0.1, 0.15) is 12.5 Å². The average molecular weight is 438 g/mol. The van der Waals surface area contributed by atoms with E-state index in [0.29, 0.717) is 36.3 Å². The predicted molar refractivity (Wildman–Crippen MR) is 107 cm³/mol. The van der Waals surface area contributed by atoms with Gasteiger partial charge in [-0.3, -0.25) is 14.5 Å². The maximum absolute atomic E-state index is 15.5. The van der Waals surface area contributed by atoms with Gasteiger partial charge in [-0.25, -0.2) is 4.39 Å². The second-order valence-corrected chi connectivity index (χ2v) is 8.30. The molecule has 29 heavy (non-hydrogen) atoms. The zero-order chi connectivity index (χ0) is 20.5. The minimum atomic E-state index is -1.44. The van der Waals surface area contributed by atoms with Crippen molar-refractivity contribution in [2.45, 2.75) is 19.4 Å². The molecule has 2 saturated heterocycles. The number of piperazine rings is 1. The summed E-state index contributed by atoms with van der Waals surface area (Å²) in [5.41, 5.74) is -0.614. The lowest BCUT2D eigenvalue weighted by atomic mass is 9.68. The van der Waals surface area contributed by atoms with Crippen molar-refractivity contribution < 1.29 is 18.5 Å². The molecule has 8 nitrogen and oxygen atoms in total. The first-order valence-corrected chi connectivity index (χ1v) is 10.1. The van der Waals surface area contributed by atoms with E-state index in [4.69, 9.17) is 28.3 Å². The second kappa shape index (κ2) is 6.35. The van der Waals surface area contributed by atoms with Crippen molar-refractivity contribution in [2.24, 2.45) is 5.41 Å². The van der Waals surface area contributed by atoms with Gasteiger partial charge < -0.3 is 20.1 Å². The van der Waals surface area contributed by atoms with Gasteiger partial charge in [-0.1, -0.05) is 23.7 Å². The molecule has 0 bridgehead atoms. The number of benzene rings is 1. The zero-order valence-electron chi connectivity index (χ0n) is 15.4. The van der Waals surface area contributed by atoms with Gasteiger partial charge in [-0.15, -0.1) is 0 Å². The molecule has 0 radical (unpaired) electrons. The van der Waals surface area contributed by atoms with E-state index in [0.717, 1.165) is 6.54 Å². The van der Waals surface area contributed by atoms with E-state index in [2.05, 4.69) is 20.7 Å². The van der Waals surface area contributed by atoms with E-state index >= 15 is 4.39 Å². The summed E-state index contributed by atoms with van der Waals surface area (Å²) in [6.45, 7) is 4.35. The molecule has 3 aliphatic heterocycles. The largest absolute Gasteiger partial charge is 0.362 e. The van der Waals surface area contributed by atoms with Gasteiger partial charge in [0.2, 0.25) is 17.4 Å². The minimum Gasteiger partial charge on any atom is -0.362 e. The molecular weight excluding hydrogens is 421 g/mol. The van der Waals surface area contributed by atoms with Crippen LogP contribution in [0.25, 0.3) is 11.0 Å². The third-order valence-electron chi connectivity index (χ3n) is 6.22. The molecular formula is C18H17ClFN5O3S. The quantitative estimate of drug-likeness (QED) is 0.511. The van der Waals surface area contributed by atoms with Crippen molar-refractivity contribution in [3.05, 3.63) is 22.6 Å². The number of amides is 2. The Labute approximate surface area is 175 Å². The van der Waals surface area contributed by atoms with Gasteiger partial charge in [0.05, 0.1) is 17.1 Å². The molecule has 4 heterocycles. The molecule has 1 spiro atoms. The highest BCUT2D eigenvalue weighted by Gasteiger charge is 2.60. The summed E-state index contributed by atoms with van der Waals surface area (Å²) in [6, 6.07) is 1.10. The van der Waals surface area contributed by atoms with Crippen LogP contribution in [-0.4, -0.2) is 59.2 Å². The van der Waals surface area contributed by atoms with Crippen molar-refractivity contribution in [1.29, 1.82) is 0 Å². The fourth-order valence-electron chi connectivity index (χ4n) is 4.76. The molecule has 2 amide bonds. The van der Waals surface area contributed by atoms with Crippen LogP contribution in [0.15, 0.2) is 10.6 Å². The van der Waals surface area contributed by atoms with Crippen LogP contribution in [0.3, 0.4) is 0 Å². The molecule has 1 unspecified atom stereocenters. The molecule has 1 aromatic carbocycles. The van der Waals surface area contributed by atoms with Crippen LogP contribution in [0.5, 0.6) is 0 Å². The van der Waals surface area contributed by atoms with Crippen LogP contribution in [0.2, 0.25) is 5.15 Å². The van der Waals surface area contributed by atoms with Gasteiger partial charge in [-0.05, 0) is 36.8 Å². The van der Waals surface area contributed by atoms with E-state index in [-0.39, 0.29) is 22.3 Å². The van der Waals surface area contributed by atoms with Crippen LogP contribution in [0.4, 0.5) is 10.1 Å². The SMILES string of the molecule is CCN1CCN2c3c(cc4c(Cl)noc4c3F)CC3(C(=O)NC(=S)NC3=O)C2C1. The molecule has 0 aliphatic carbocycles. The predicted octanol–water partition coefficient (Wildman–Crippen LogP) is 1.20. The summed E-state index contributed by atoms with van der Waals surface area (Å²) >= 11 is 11.0. The summed E-state index contributed by atoms with van der Waals surface area (Å²) < 4.78 is 20.5. The molecule has 0 saturated carbocycles. The van der Waals surface area contributed by atoms with E-state index in [1.165, 1.54) is 0 Å². The number of aromatic nitrogens is 1. The second-order valence-electron chi connectivity index (χ2n) is 7.54. The number of carbonyl (C=O) groups is 2. The summed E-state index contributed by atoms with van der Waals surface area (Å²) in [4.78, 5) is 30.3. The highest BCUT2D eigenvalue weighted by molar-refractivity contribution is 7.80. The first-order valence-electron chi connectivity index (χ1n) is 9.29. The topological polar surface area (TPSA) is 90.7 Å². The number of hydrogen-bond acceptors (Lipinski definition) is 7. The highest BCUT2D eigenvalue weighted by Crippen LogP contribution is 2.47. The average Bonchev–Trinajstić information content (AvgIpc) is 3.06. The first-order chi connectivity index (χ1) is 13.9. The zero-order valence-corrected chi connectivity index (χ0v) is 17.0. The lowest BCUT2D eigenvalue weighted by Gasteiger charge is -2.54. The van der Waals surface area contributed by atoms with Crippen molar-refractivity contribution in [3.8, 4) is 0 Å². The van der Waals surface area contributed by atoms with E-state index in [1.807, 2.05) is 11.8 Å². The number of anilines is 1. The fourth-order valence-corrected chi connectivity index (χ4v) is 5.12. The molecule has 2 aromatic rings. The van der Waals surface area contributed by atoms with Crippen molar-refractivity contribution >= 4 is 57.4 Å². The van der Waals surface area contributed by atoms with Crippen LogP contribution >= 0.6 is 23.8 Å². The van der Waals surface area contributed by atoms with E-state index in [1.54, 1.807) is 6.07 Å². The van der Waals surface area contributed by atoms with Crippen molar-refractivity contribution in [1.82, 2.24) is 20.7 Å². The number of halogens is 2. The summed E-state index contributed by atoms with van der Waals surface area (Å²) in [5.74, 6) is -1.52. The van der Waals surface area contributed by atoms with E-state index in [9.17, 15) is 9.59 Å². The molecule has 152 valence electrons. The Hall–Kier alpha value is -2.30. The lowest BCUT2D eigenvalue weighted by Crippen LogP contribution is -2.74. The normalized spacial score (nSPS) is 23.8. The molecule has 1 aromatic heterocycles. The van der Waals surface area contributed by atoms with Gasteiger partial charge >= 0.3 is 0 Å². The number of rotatable bonds is 1.